The number of hydrogen-bond donors (Lipinski definition) is 2. The van der Waals surface area contributed by atoms with Gasteiger partial charge in [-0.3, -0.25) is 4.55 Å². The van der Waals surface area contributed by atoms with Gasteiger partial charge in [-0.15, -0.1) is 0 Å². The maximum Gasteiger partial charge on any atom is 0.333 e. The van der Waals surface area contributed by atoms with E-state index in [1.54, 1.807) is 0 Å². The average molecular weight is 313 g/mol. The van der Waals surface area contributed by atoms with Crippen LogP contribution in [0.5, 0.6) is 0 Å². The Morgan fingerprint density at radius 1 is 1.19 bits per heavy atom. The molecule has 0 amide bonds. The largest absolute Gasteiger partial charge is 0.342 e. The molecule has 1 spiro atoms. The molecule has 2 fully saturated rings. The van der Waals surface area contributed by atoms with Crippen molar-refractivity contribution in [3.8, 4) is 0 Å². The van der Waals surface area contributed by atoms with Gasteiger partial charge >= 0.3 is 10.3 Å². The molecule has 2 N–H and O–H groups in total. The van der Waals surface area contributed by atoms with Gasteiger partial charge in [-0.1, -0.05) is 30.3 Å². The van der Waals surface area contributed by atoms with Crippen LogP contribution >= 0.6 is 0 Å². The highest BCUT2D eigenvalue weighted by molar-refractivity contribution is 7.83. The zero-order valence-corrected chi connectivity index (χ0v) is 12.4. The van der Waals surface area contributed by atoms with Crippen molar-refractivity contribution in [1.29, 1.82) is 0 Å². The van der Waals surface area contributed by atoms with Gasteiger partial charge in [-0.05, 0) is 18.4 Å². The van der Waals surface area contributed by atoms with E-state index in [-0.39, 0.29) is 12.6 Å². The van der Waals surface area contributed by atoms with Crippen molar-refractivity contribution in [3.05, 3.63) is 35.9 Å². The number of rotatable bonds is 4. The third kappa shape index (κ3) is 3.44. The van der Waals surface area contributed by atoms with Gasteiger partial charge in [-0.25, -0.2) is 0 Å². The number of ether oxygens (including phenoxy) is 2. The van der Waals surface area contributed by atoms with Crippen molar-refractivity contribution in [2.45, 2.75) is 43.7 Å². The molecule has 0 aromatic heterocycles. The van der Waals surface area contributed by atoms with Crippen LogP contribution in [0.3, 0.4) is 0 Å². The van der Waals surface area contributed by atoms with E-state index in [0.717, 1.165) is 31.2 Å². The van der Waals surface area contributed by atoms with Crippen LogP contribution in [-0.4, -0.2) is 31.4 Å². The van der Waals surface area contributed by atoms with Crippen LogP contribution in [0.1, 0.15) is 37.4 Å². The molecule has 2 atom stereocenters. The summed E-state index contributed by atoms with van der Waals surface area (Å²) in [6.07, 6.45) is 2.93. The first-order valence-electron chi connectivity index (χ1n) is 7.10. The summed E-state index contributed by atoms with van der Waals surface area (Å²) >= 11 is 0. The van der Waals surface area contributed by atoms with Gasteiger partial charge in [0.15, 0.2) is 5.79 Å². The van der Waals surface area contributed by atoms with E-state index in [2.05, 4.69) is 4.72 Å². The number of benzene rings is 1. The molecule has 1 heterocycles. The van der Waals surface area contributed by atoms with Crippen molar-refractivity contribution in [2.24, 2.45) is 0 Å². The van der Waals surface area contributed by atoms with Gasteiger partial charge < -0.3 is 9.47 Å². The Balaban J connectivity index is 1.80. The van der Waals surface area contributed by atoms with E-state index in [9.17, 15) is 8.42 Å². The van der Waals surface area contributed by atoms with E-state index < -0.39 is 22.2 Å². The summed E-state index contributed by atoms with van der Waals surface area (Å²) in [7, 11) is -4.24. The smallest absolute Gasteiger partial charge is 0.333 e. The second kappa shape index (κ2) is 5.66. The molecule has 21 heavy (non-hydrogen) atoms. The summed E-state index contributed by atoms with van der Waals surface area (Å²) in [6.45, 7) is -0.0137. The number of hydrogen-bond acceptors (Lipinski definition) is 4. The highest BCUT2D eigenvalue weighted by Crippen LogP contribution is 2.46. The van der Waals surface area contributed by atoms with Crippen LogP contribution in [0.2, 0.25) is 0 Å². The average Bonchev–Trinajstić information content (AvgIpc) is 3.05. The predicted molar refractivity (Wildman–Crippen MR) is 75.9 cm³/mol. The fraction of sp³-hybridized carbons (Fsp3) is 0.571. The van der Waals surface area contributed by atoms with Crippen LogP contribution in [0.25, 0.3) is 0 Å². The van der Waals surface area contributed by atoms with Crippen molar-refractivity contribution >= 4 is 10.3 Å². The molecule has 3 rings (SSSR count). The van der Waals surface area contributed by atoms with E-state index in [1.807, 2.05) is 30.3 Å². The summed E-state index contributed by atoms with van der Waals surface area (Å²) in [6, 6.07) is 9.60. The molecule has 0 radical (unpaired) electrons. The lowest BCUT2D eigenvalue weighted by Crippen LogP contribution is -2.35. The van der Waals surface area contributed by atoms with Crippen LogP contribution in [0, 0.1) is 0 Å². The zero-order valence-electron chi connectivity index (χ0n) is 11.6. The summed E-state index contributed by atoms with van der Waals surface area (Å²) in [5.41, 5.74) is 0.948. The molecule has 2 aliphatic rings. The Kier molecular flexibility index (Phi) is 4.02. The zero-order chi connectivity index (χ0) is 14.9. The van der Waals surface area contributed by atoms with E-state index in [1.165, 1.54) is 0 Å². The minimum Gasteiger partial charge on any atom is -0.342 e. The third-order valence-electron chi connectivity index (χ3n) is 4.01. The molecule has 1 saturated carbocycles. The second-order valence-corrected chi connectivity index (χ2v) is 6.79. The first-order chi connectivity index (χ1) is 9.98. The lowest BCUT2D eigenvalue weighted by molar-refractivity contribution is -0.169. The lowest BCUT2D eigenvalue weighted by atomic mass is 10.1. The highest BCUT2D eigenvalue weighted by Gasteiger charge is 2.49. The molecular weight excluding hydrogens is 294 g/mol. The molecule has 0 unspecified atom stereocenters. The third-order valence-corrected chi connectivity index (χ3v) is 4.54. The van der Waals surface area contributed by atoms with Gasteiger partial charge in [0, 0.05) is 19.4 Å². The van der Waals surface area contributed by atoms with Gasteiger partial charge in [0.2, 0.25) is 0 Å². The minimum atomic E-state index is -4.24. The van der Waals surface area contributed by atoms with Crippen molar-refractivity contribution in [3.63, 3.8) is 0 Å². The number of nitrogens with one attached hydrogen (secondary N) is 1. The summed E-state index contributed by atoms with van der Waals surface area (Å²) in [5, 5.41) is 0. The van der Waals surface area contributed by atoms with E-state index in [0.29, 0.717) is 0 Å². The highest BCUT2D eigenvalue weighted by atomic mass is 32.2. The topological polar surface area (TPSA) is 84.9 Å². The molecule has 0 bridgehead atoms. The van der Waals surface area contributed by atoms with Crippen LogP contribution in [0.15, 0.2) is 30.3 Å². The van der Waals surface area contributed by atoms with Crippen LogP contribution in [-0.2, 0) is 19.8 Å². The Hall–Kier alpha value is -0.990. The fourth-order valence-corrected chi connectivity index (χ4v) is 3.46. The van der Waals surface area contributed by atoms with E-state index >= 15 is 0 Å². The predicted octanol–water partition coefficient (Wildman–Crippen LogP) is 1.81. The Labute approximate surface area is 124 Å². The molecule has 1 aromatic rings. The fourth-order valence-electron chi connectivity index (χ4n) is 3.08. The maximum absolute atomic E-state index is 10.9. The maximum atomic E-state index is 10.9. The molecule has 1 saturated heterocycles. The quantitative estimate of drug-likeness (QED) is 0.828. The monoisotopic (exact) mass is 313 g/mol. The van der Waals surface area contributed by atoms with Crippen molar-refractivity contribution in [2.75, 3.05) is 6.54 Å². The lowest BCUT2D eigenvalue weighted by Gasteiger charge is -2.22. The molecule has 1 aliphatic heterocycles. The summed E-state index contributed by atoms with van der Waals surface area (Å²) in [4.78, 5) is 0. The first-order valence-corrected chi connectivity index (χ1v) is 8.54. The SMILES string of the molecule is O=S(=O)(O)NC[C@H]1OC2(CCCC2)O[C@@H]1c1ccccc1. The van der Waals surface area contributed by atoms with Gasteiger partial charge in [0.25, 0.3) is 0 Å². The van der Waals surface area contributed by atoms with E-state index in [4.69, 9.17) is 14.0 Å². The van der Waals surface area contributed by atoms with Gasteiger partial charge in [0.05, 0.1) is 0 Å². The normalized spacial score (nSPS) is 28.2. The van der Waals surface area contributed by atoms with Crippen molar-refractivity contribution in [1.82, 2.24) is 4.72 Å². The van der Waals surface area contributed by atoms with Crippen LogP contribution < -0.4 is 4.72 Å². The Bertz CT molecular complexity index is 583. The van der Waals surface area contributed by atoms with Crippen LogP contribution in [0.4, 0.5) is 0 Å². The molecule has 7 heteroatoms. The molecular formula is C14H19NO5S. The standard InChI is InChI=1S/C14H19NO5S/c16-21(17,18)15-10-12-13(11-6-2-1-3-7-11)20-14(19-12)8-4-5-9-14/h1-3,6-7,12-13,15H,4-5,8-10H2,(H,16,17,18)/t12-,13-/m1/s1. The van der Waals surface area contributed by atoms with Gasteiger partial charge in [0.1, 0.15) is 12.2 Å². The van der Waals surface area contributed by atoms with Gasteiger partial charge in [-0.2, -0.15) is 13.1 Å². The first kappa shape index (κ1) is 14.9. The minimum absolute atomic E-state index is 0.0137. The Morgan fingerprint density at radius 3 is 2.48 bits per heavy atom. The second-order valence-electron chi connectivity index (χ2n) is 5.55. The summed E-state index contributed by atoms with van der Waals surface area (Å²) < 4.78 is 44.9. The molecule has 116 valence electrons. The molecule has 6 nitrogen and oxygen atoms in total. The summed E-state index contributed by atoms with van der Waals surface area (Å²) in [5.74, 6) is -0.605. The molecule has 1 aromatic carbocycles. The molecule has 1 aliphatic carbocycles. The Morgan fingerprint density at radius 2 is 1.86 bits per heavy atom. The van der Waals surface area contributed by atoms with Crippen molar-refractivity contribution < 1.29 is 22.4 Å².